The normalized spacial score (nSPS) is 16.7. The summed E-state index contributed by atoms with van der Waals surface area (Å²) in [6.07, 6.45) is 2.06. The molecule has 1 unspecified atom stereocenters. The number of likely N-dealkylation sites (tertiary alicyclic amines) is 1. The van der Waals surface area contributed by atoms with Gasteiger partial charge in [-0.25, -0.2) is 18.1 Å². The maximum atomic E-state index is 13.1. The first kappa shape index (κ1) is 25.8. The van der Waals surface area contributed by atoms with Crippen molar-refractivity contribution in [3.05, 3.63) is 34.2 Å². The molecule has 2 aromatic heterocycles. The van der Waals surface area contributed by atoms with Crippen LogP contribution in [-0.4, -0.2) is 65.2 Å². The maximum Gasteiger partial charge on any atom is 0.277 e. The summed E-state index contributed by atoms with van der Waals surface area (Å²) in [4.78, 5) is 34.8. The van der Waals surface area contributed by atoms with Crippen LogP contribution in [0.5, 0.6) is 5.75 Å². The molecule has 1 saturated heterocycles. The van der Waals surface area contributed by atoms with Crippen LogP contribution in [0.3, 0.4) is 0 Å². The van der Waals surface area contributed by atoms with Gasteiger partial charge in [0, 0.05) is 7.05 Å². The van der Waals surface area contributed by atoms with E-state index in [0.29, 0.717) is 53.4 Å². The van der Waals surface area contributed by atoms with Crippen LogP contribution in [0.2, 0.25) is 0 Å². The summed E-state index contributed by atoms with van der Waals surface area (Å²) in [6, 6.07) is 3.74. The van der Waals surface area contributed by atoms with Crippen molar-refractivity contribution in [1.82, 2.24) is 29.4 Å². The van der Waals surface area contributed by atoms with Gasteiger partial charge < -0.3 is 9.72 Å². The fourth-order valence-corrected chi connectivity index (χ4v) is 5.58. The van der Waals surface area contributed by atoms with E-state index in [1.54, 1.807) is 21.0 Å². The second-order valence-corrected chi connectivity index (χ2v) is 11.2. The molecule has 0 saturated carbocycles. The number of nitrogens with zero attached hydrogens (tertiary/aromatic N) is 4. The average molecular weight is 517 g/mol. The molecular formula is C24H32N6O5S. The Morgan fingerprint density at radius 2 is 2.06 bits per heavy atom. The maximum absolute atomic E-state index is 13.1. The molecule has 1 aromatic carbocycles. The largest absolute Gasteiger partial charge is 0.493 e. The topological polar surface area (TPSA) is 139 Å². The number of hydrogen-bond donors (Lipinski definition) is 2. The van der Waals surface area contributed by atoms with Crippen LogP contribution in [0.1, 0.15) is 39.3 Å². The number of ether oxygens (including phenoxy) is 1. The molecule has 0 aliphatic carbocycles. The molecule has 36 heavy (non-hydrogen) atoms. The zero-order valence-electron chi connectivity index (χ0n) is 21.2. The quantitative estimate of drug-likeness (QED) is 0.462. The number of amides is 1. The van der Waals surface area contributed by atoms with Crippen molar-refractivity contribution in [2.45, 2.75) is 51.0 Å². The summed E-state index contributed by atoms with van der Waals surface area (Å²) in [5, 5.41) is 4.47. The number of H-pyrrole nitrogens is 1. The Bertz CT molecular complexity index is 1460. The van der Waals surface area contributed by atoms with E-state index in [1.807, 2.05) is 18.7 Å². The summed E-state index contributed by atoms with van der Waals surface area (Å²) >= 11 is 0. The predicted octanol–water partition coefficient (Wildman–Crippen LogP) is 1.82. The van der Waals surface area contributed by atoms with E-state index in [9.17, 15) is 18.0 Å². The van der Waals surface area contributed by atoms with Crippen molar-refractivity contribution in [3.8, 4) is 17.1 Å². The third kappa shape index (κ3) is 5.00. The number of fused-ring (bicyclic) bond motifs is 1. The molecule has 4 rings (SSSR count). The minimum absolute atomic E-state index is 0.133. The number of aromatic amines is 1. The number of benzene rings is 1. The van der Waals surface area contributed by atoms with Gasteiger partial charge in [-0.1, -0.05) is 13.8 Å². The van der Waals surface area contributed by atoms with E-state index in [0.717, 1.165) is 13.0 Å². The number of rotatable bonds is 8. The third-order valence-electron chi connectivity index (χ3n) is 6.24. The minimum atomic E-state index is -4.17. The number of aromatic nitrogens is 4. The summed E-state index contributed by atoms with van der Waals surface area (Å²) in [5.74, 6) is 0.248. The molecule has 11 nitrogen and oxygen atoms in total. The molecule has 0 spiro atoms. The molecule has 1 fully saturated rings. The summed E-state index contributed by atoms with van der Waals surface area (Å²) < 4.78 is 35.7. The van der Waals surface area contributed by atoms with E-state index in [4.69, 9.17) is 4.74 Å². The standard InChI is InChI=1S/C24H32N6O5S/c1-6-35-19-10-9-15(36(33,34)28-23(31)18-8-7-11-29(18)4)13-16(19)22-25-20-17(12-14(2)3)27-30(5)21(20)24(32)26-22/h9-10,13-14,18H,6-8,11-12H2,1-5H3,(H,28,31)(H,25,26,32). The van der Waals surface area contributed by atoms with Crippen LogP contribution in [0.15, 0.2) is 27.9 Å². The molecular weight excluding hydrogens is 484 g/mol. The van der Waals surface area contributed by atoms with E-state index >= 15 is 0 Å². The van der Waals surface area contributed by atoms with Gasteiger partial charge in [-0.05, 0) is 63.9 Å². The minimum Gasteiger partial charge on any atom is -0.493 e. The molecule has 12 heteroatoms. The number of aryl methyl sites for hydroxylation is 1. The first-order chi connectivity index (χ1) is 17.0. The Balaban J connectivity index is 1.79. The first-order valence-corrected chi connectivity index (χ1v) is 13.5. The highest BCUT2D eigenvalue weighted by atomic mass is 32.2. The number of sulfonamides is 1. The molecule has 194 valence electrons. The highest BCUT2D eigenvalue weighted by Gasteiger charge is 2.31. The molecule has 1 aliphatic rings. The Morgan fingerprint density at radius 1 is 1.31 bits per heavy atom. The molecule has 3 heterocycles. The van der Waals surface area contributed by atoms with Gasteiger partial charge in [-0.3, -0.25) is 19.2 Å². The van der Waals surface area contributed by atoms with Crippen LogP contribution in [0.25, 0.3) is 22.4 Å². The van der Waals surface area contributed by atoms with Gasteiger partial charge in [-0.15, -0.1) is 0 Å². The SMILES string of the molecule is CCOc1ccc(S(=O)(=O)NC(=O)C2CCCN2C)cc1-c1nc2c(CC(C)C)nn(C)c2c(=O)[nH]1. The van der Waals surface area contributed by atoms with Gasteiger partial charge in [0.2, 0.25) is 0 Å². The van der Waals surface area contributed by atoms with Crippen molar-refractivity contribution < 1.29 is 17.9 Å². The van der Waals surface area contributed by atoms with E-state index in [-0.39, 0.29) is 10.7 Å². The average Bonchev–Trinajstić information content (AvgIpc) is 3.36. The molecule has 2 N–H and O–H groups in total. The fourth-order valence-electron chi connectivity index (χ4n) is 4.54. The van der Waals surface area contributed by atoms with Crippen LogP contribution in [-0.2, 0) is 28.3 Å². The molecule has 0 radical (unpaired) electrons. The molecule has 0 bridgehead atoms. The Labute approximate surface area is 209 Å². The number of nitrogens with one attached hydrogen (secondary N) is 2. The number of hydrogen-bond acceptors (Lipinski definition) is 8. The highest BCUT2D eigenvalue weighted by Crippen LogP contribution is 2.31. The van der Waals surface area contributed by atoms with Gasteiger partial charge in [-0.2, -0.15) is 5.10 Å². The van der Waals surface area contributed by atoms with Crippen LogP contribution in [0.4, 0.5) is 0 Å². The Kier molecular flexibility index (Phi) is 7.19. The lowest BCUT2D eigenvalue weighted by atomic mass is 10.1. The van der Waals surface area contributed by atoms with E-state index in [2.05, 4.69) is 19.8 Å². The summed E-state index contributed by atoms with van der Waals surface area (Å²) in [6.45, 7) is 6.96. The molecule has 1 atom stereocenters. The second-order valence-electron chi connectivity index (χ2n) is 9.48. The van der Waals surface area contributed by atoms with Gasteiger partial charge >= 0.3 is 0 Å². The number of likely N-dealkylation sites (N-methyl/N-ethyl adjacent to an activating group) is 1. The zero-order chi connectivity index (χ0) is 26.2. The van der Waals surface area contributed by atoms with Crippen LogP contribution >= 0.6 is 0 Å². The lowest BCUT2D eigenvalue weighted by molar-refractivity contribution is -0.123. The zero-order valence-corrected chi connectivity index (χ0v) is 22.0. The fraction of sp³-hybridized carbons (Fsp3) is 0.500. The predicted molar refractivity (Wildman–Crippen MR) is 135 cm³/mol. The summed E-state index contributed by atoms with van der Waals surface area (Å²) in [7, 11) is -0.692. The van der Waals surface area contributed by atoms with Crippen molar-refractivity contribution in [1.29, 1.82) is 0 Å². The van der Waals surface area contributed by atoms with Crippen LogP contribution in [0, 0.1) is 5.92 Å². The Morgan fingerprint density at radius 3 is 2.69 bits per heavy atom. The lowest BCUT2D eigenvalue weighted by Gasteiger charge is -2.19. The molecule has 1 amide bonds. The van der Waals surface area contributed by atoms with Crippen LogP contribution < -0.4 is 15.0 Å². The van der Waals surface area contributed by atoms with Gasteiger partial charge in [0.25, 0.3) is 21.5 Å². The van der Waals surface area contributed by atoms with Crippen molar-refractivity contribution in [2.75, 3.05) is 20.2 Å². The number of carbonyl (C=O) groups excluding carboxylic acids is 1. The van der Waals surface area contributed by atoms with E-state index < -0.39 is 27.5 Å². The molecule has 1 aliphatic heterocycles. The lowest BCUT2D eigenvalue weighted by Crippen LogP contribution is -2.43. The second kappa shape index (κ2) is 10.0. The Hall–Kier alpha value is -3.25. The van der Waals surface area contributed by atoms with E-state index in [1.165, 1.54) is 22.9 Å². The van der Waals surface area contributed by atoms with Gasteiger partial charge in [0.15, 0.2) is 5.52 Å². The van der Waals surface area contributed by atoms with Gasteiger partial charge in [0.1, 0.15) is 17.1 Å². The third-order valence-corrected chi connectivity index (χ3v) is 7.58. The van der Waals surface area contributed by atoms with Gasteiger partial charge in [0.05, 0.1) is 28.8 Å². The number of carbonyl (C=O) groups is 1. The summed E-state index contributed by atoms with van der Waals surface area (Å²) in [5.41, 5.74) is 1.38. The van der Waals surface area contributed by atoms with Crippen molar-refractivity contribution in [2.24, 2.45) is 13.0 Å². The van der Waals surface area contributed by atoms with Crippen molar-refractivity contribution in [3.63, 3.8) is 0 Å². The smallest absolute Gasteiger partial charge is 0.277 e. The first-order valence-electron chi connectivity index (χ1n) is 12.0. The van der Waals surface area contributed by atoms with Crippen molar-refractivity contribution >= 4 is 27.0 Å². The molecule has 3 aromatic rings. The highest BCUT2D eigenvalue weighted by molar-refractivity contribution is 7.90. The monoisotopic (exact) mass is 516 g/mol.